The third-order valence-electron chi connectivity index (χ3n) is 14.4. The van der Waals surface area contributed by atoms with E-state index in [0.29, 0.717) is 23.5 Å². The zero-order valence-corrected chi connectivity index (χ0v) is 36.4. The minimum atomic E-state index is -0.571. The molecule has 5 aliphatic rings. The molecular weight excluding hydrogens is 775 g/mol. The number of β-amino-alcohol motifs (C(OH)–C–C–N with tert-alkyl or cyclic N) is 1. The lowest BCUT2D eigenvalue weighted by molar-refractivity contribution is -0.118. The van der Waals surface area contributed by atoms with Crippen LogP contribution in [0.25, 0.3) is 5.00 Å². The number of fused-ring (bicyclic) bond motifs is 4. The lowest BCUT2D eigenvalue weighted by Crippen LogP contribution is -2.66. The number of phenols is 1. The number of anilines is 2. The van der Waals surface area contributed by atoms with E-state index < -0.39 is 5.60 Å². The van der Waals surface area contributed by atoms with Gasteiger partial charge in [0.25, 0.3) is 0 Å². The number of hydrogen-bond donors (Lipinski definition) is 2. The number of thiophene rings is 1. The second-order valence-electron chi connectivity index (χ2n) is 18.8. The fourth-order valence-electron chi connectivity index (χ4n) is 11.2. The highest BCUT2D eigenvalue weighted by molar-refractivity contribution is 7.15. The maximum Gasteiger partial charge on any atom is 0.162 e. The molecule has 3 saturated heterocycles. The summed E-state index contributed by atoms with van der Waals surface area (Å²) >= 11 is 1.80. The molecule has 4 aliphatic heterocycles. The number of aliphatic imine (C=N–C) groups is 1. The Morgan fingerprint density at radius 3 is 2.20 bits per heavy atom. The van der Waals surface area contributed by atoms with Crippen LogP contribution in [0.1, 0.15) is 93.1 Å². The van der Waals surface area contributed by atoms with Crippen LogP contribution in [0.5, 0.6) is 5.75 Å². The minimum absolute atomic E-state index is 0.0922. The van der Waals surface area contributed by atoms with Gasteiger partial charge in [-0.1, -0.05) is 60.7 Å². The minimum Gasteiger partial charge on any atom is -0.508 e. The summed E-state index contributed by atoms with van der Waals surface area (Å²) in [5, 5.41) is 31.8. The summed E-state index contributed by atoms with van der Waals surface area (Å²) in [6.45, 7) is 15.2. The van der Waals surface area contributed by atoms with Crippen molar-refractivity contribution >= 4 is 28.4 Å². The molecule has 2 aromatic heterocycles. The molecule has 0 radical (unpaired) electrons. The highest BCUT2D eigenvalue weighted by Gasteiger charge is 2.46. The molecule has 4 aromatic carbocycles. The van der Waals surface area contributed by atoms with Crippen molar-refractivity contribution in [2.75, 3.05) is 55.6 Å². The van der Waals surface area contributed by atoms with E-state index in [4.69, 9.17) is 4.99 Å². The molecule has 0 spiro atoms. The van der Waals surface area contributed by atoms with Crippen molar-refractivity contribution in [3.63, 3.8) is 0 Å². The molecule has 11 rings (SSSR count). The van der Waals surface area contributed by atoms with Crippen LogP contribution in [-0.4, -0.2) is 87.0 Å². The van der Waals surface area contributed by atoms with Crippen LogP contribution in [0.15, 0.2) is 102 Å². The van der Waals surface area contributed by atoms with Gasteiger partial charge < -0.3 is 20.0 Å². The van der Waals surface area contributed by atoms with Gasteiger partial charge in [-0.2, -0.15) is 0 Å². The van der Waals surface area contributed by atoms with E-state index in [0.717, 1.165) is 93.0 Å². The van der Waals surface area contributed by atoms with Gasteiger partial charge in [-0.25, -0.2) is 0 Å². The lowest BCUT2D eigenvalue weighted by Gasteiger charge is -2.53. The smallest absolute Gasteiger partial charge is 0.162 e. The molecule has 9 nitrogen and oxygen atoms in total. The van der Waals surface area contributed by atoms with Crippen LogP contribution in [0.4, 0.5) is 11.4 Å². The Bertz CT molecular complexity index is 2620. The molecule has 10 heteroatoms. The number of benzene rings is 4. The maximum atomic E-state index is 11.5. The zero-order chi connectivity index (χ0) is 41.6. The predicted molar refractivity (Wildman–Crippen MR) is 245 cm³/mol. The SMILES string of the molecule is Cc1sc2c(c1C)C(c1ccc(N3CC(CC4(O)CN(CC5CN(c6ccc([C@@H]7c8ccc(O)cc8CC[C@@H]7c7ccccc7)cc6)C5)C4)C3)cc1)=N[C@@H](C)c1nnc(C)n1-2. The highest BCUT2D eigenvalue weighted by atomic mass is 32.1. The number of phenolic OH excluding ortho intramolecular Hbond substituents is 1. The topological polar surface area (TPSA) is 93.2 Å². The molecule has 312 valence electrons. The summed E-state index contributed by atoms with van der Waals surface area (Å²) in [7, 11) is 0. The van der Waals surface area contributed by atoms with E-state index in [-0.39, 0.29) is 12.0 Å². The molecule has 0 amide bonds. The average molecular weight is 830 g/mol. The number of aliphatic hydroxyl groups is 1. The predicted octanol–water partition coefficient (Wildman–Crippen LogP) is 8.74. The van der Waals surface area contributed by atoms with Crippen LogP contribution in [0.3, 0.4) is 0 Å². The number of aromatic nitrogens is 3. The first-order chi connectivity index (χ1) is 29.6. The molecule has 3 atom stereocenters. The van der Waals surface area contributed by atoms with Crippen LogP contribution >= 0.6 is 11.3 Å². The molecule has 0 unspecified atom stereocenters. The monoisotopic (exact) mass is 829 g/mol. The summed E-state index contributed by atoms with van der Waals surface area (Å²) in [5.74, 6) is 3.96. The summed E-state index contributed by atoms with van der Waals surface area (Å²) in [6.07, 6.45) is 2.93. The van der Waals surface area contributed by atoms with E-state index in [1.807, 2.05) is 19.1 Å². The maximum absolute atomic E-state index is 11.5. The molecule has 6 heterocycles. The van der Waals surface area contributed by atoms with Gasteiger partial charge in [-0.05, 0) is 123 Å². The van der Waals surface area contributed by atoms with Crippen LogP contribution in [-0.2, 0) is 6.42 Å². The number of nitrogens with zero attached hydrogens (tertiary/aromatic N) is 7. The Hall–Kier alpha value is -5.29. The van der Waals surface area contributed by atoms with Crippen molar-refractivity contribution in [3.8, 4) is 10.8 Å². The summed E-state index contributed by atoms with van der Waals surface area (Å²) in [6, 6.07) is 35.0. The second kappa shape index (κ2) is 15.0. The fourth-order valence-corrected chi connectivity index (χ4v) is 12.4. The van der Waals surface area contributed by atoms with E-state index in [9.17, 15) is 10.2 Å². The summed E-state index contributed by atoms with van der Waals surface area (Å²) < 4.78 is 2.19. The number of aromatic hydroxyl groups is 1. The Morgan fingerprint density at radius 1 is 0.787 bits per heavy atom. The molecular formula is C51H55N7O2S. The average Bonchev–Trinajstić information content (AvgIpc) is 3.72. The first-order valence-electron chi connectivity index (χ1n) is 22.2. The van der Waals surface area contributed by atoms with Crippen molar-refractivity contribution in [2.24, 2.45) is 16.8 Å². The van der Waals surface area contributed by atoms with E-state index in [1.54, 1.807) is 11.3 Å². The van der Waals surface area contributed by atoms with Crippen molar-refractivity contribution in [1.29, 1.82) is 0 Å². The fraction of sp³-hybridized carbons (Fsp3) is 0.392. The number of aryl methyl sites for hydroxylation is 3. The second-order valence-corrected chi connectivity index (χ2v) is 20.0. The third-order valence-corrected chi connectivity index (χ3v) is 15.6. The molecule has 6 aromatic rings. The van der Waals surface area contributed by atoms with Crippen molar-refractivity contribution in [3.05, 3.63) is 153 Å². The van der Waals surface area contributed by atoms with E-state index in [2.05, 4.69) is 135 Å². The molecule has 61 heavy (non-hydrogen) atoms. The van der Waals surface area contributed by atoms with Gasteiger partial charge >= 0.3 is 0 Å². The van der Waals surface area contributed by atoms with Gasteiger partial charge in [-0.3, -0.25) is 14.5 Å². The normalized spacial score (nSPS) is 22.3. The lowest BCUT2D eigenvalue weighted by atomic mass is 9.69. The summed E-state index contributed by atoms with van der Waals surface area (Å²) in [4.78, 5) is 13.9. The zero-order valence-electron chi connectivity index (χ0n) is 35.6. The van der Waals surface area contributed by atoms with Gasteiger partial charge in [0.2, 0.25) is 0 Å². The molecule has 3 fully saturated rings. The Balaban J connectivity index is 0.664. The Morgan fingerprint density at radius 2 is 1.48 bits per heavy atom. The van der Waals surface area contributed by atoms with Gasteiger partial charge in [-0.15, -0.1) is 21.5 Å². The molecule has 1 aliphatic carbocycles. The molecule has 0 saturated carbocycles. The van der Waals surface area contributed by atoms with Crippen LogP contribution in [0, 0.1) is 32.6 Å². The van der Waals surface area contributed by atoms with Crippen molar-refractivity contribution < 1.29 is 10.2 Å². The van der Waals surface area contributed by atoms with E-state index in [1.165, 1.54) is 49.6 Å². The summed E-state index contributed by atoms with van der Waals surface area (Å²) in [5.41, 5.74) is 11.9. The Kier molecular flexibility index (Phi) is 9.47. The first-order valence-corrected chi connectivity index (χ1v) is 23.0. The van der Waals surface area contributed by atoms with Gasteiger partial charge in [0.05, 0.1) is 11.3 Å². The van der Waals surface area contributed by atoms with Crippen molar-refractivity contribution in [1.82, 2.24) is 19.7 Å². The third kappa shape index (κ3) is 6.87. The first kappa shape index (κ1) is 38.6. The van der Waals surface area contributed by atoms with Crippen LogP contribution in [0.2, 0.25) is 0 Å². The molecule has 0 bridgehead atoms. The highest BCUT2D eigenvalue weighted by Crippen LogP contribution is 2.48. The standard InChI is InChI=1S/C51H55N7O2S/c1-31-33(3)61-50-46(31)48(52-32(2)49-54-53-34(4)58(49)50)39-12-17-42(18-13-39)56-25-35(26-56)23-51(60)29-55(30-51)24-36-27-57(28-36)41-15-10-38(11-16-41)47-44(37-8-6-5-7-9-37)20-14-40-22-43(59)19-21-45(40)47/h5-13,15-19,21-22,32,35-36,44,47,59-60H,14,20,23-30H2,1-4H3/t32-,44+,47-/m0/s1. The van der Waals surface area contributed by atoms with E-state index >= 15 is 0 Å². The largest absolute Gasteiger partial charge is 0.508 e. The van der Waals surface area contributed by atoms with Gasteiger partial charge in [0, 0.05) is 85.0 Å². The van der Waals surface area contributed by atoms with Gasteiger partial charge in [0.15, 0.2) is 5.82 Å². The number of rotatable bonds is 9. The van der Waals surface area contributed by atoms with Gasteiger partial charge in [0.1, 0.15) is 22.6 Å². The quantitative estimate of drug-likeness (QED) is 0.151. The van der Waals surface area contributed by atoms with Crippen LogP contribution < -0.4 is 9.80 Å². The van der Waals surface area contributed by atoms with Crippen molar-refractivity contribution in [2.45, 2.75) is 70.4 Å². The number of likely N-dealkylation sites (tertiary alicyclic amines) is 1. The number of hydrogen-bond acceptors (Lipinski definition) is 9. The Labute approximate surface area is 363 Å². The molecule has 2 N–H and O–H groups in total.